The van der Waals surface area contributed by atoms with E-state index < -0.39 is 7.75 Å². The molecule has 0 saturated heterocycles. The topological polar surface area (TPSA) is 38.8 Å². The van der Waals surface area contributed by atoms with Crippen molar-refractivity contribution in [2.24, 2.45) is 0 Å². The van der Waals surface area contributed by atoms with Crippen LogP contribution in [0.5, 0.6) is 11.5 Å². The maximum Gasteiger partial charge on any atom is 0.516 e. The maximum atomic E-state index is 12.7. The zero-order valence-corrected chi connectivity index (χ0v) is 11.5. The Bertz CT molecular complexity index is 422. The lowest BCUT2D eigenvalue weighted by molar-refractivity contribution is 0.238. The van der Waals surface area contributed by atoms with Crippen LogP contribution in [0.15, 0.2) is 24.3 Å². The van der Waals surface area contributed by atoms with Crippen LogP contribution in [0, 0.1) is 0 Å². The van der Waals surface area contributed by atoms with Gasteiger partial charge in [0.1, 0.15) is 0 Å². The Labute approximate surface area is 102 Å². The van der Waals surface area contributed by atoms with Gasteiger partial charge in [-0.2, -0.15) is 4.67 Å². The van der Waals surface area contributed by atoms with E-state index in [9.17, 15) is 4.57 Å². The number of nitrogens with zero attached hydrogens (tertiary/aromatic N) is 1. The summed E-state index contributed by atoms with van der Waals surface area (Å²) in [6.45, 7) is 7.93. The molecule has 94 valence electrons. The maximum absolute atomic E-state index is 12.7. The second-order valence-electron chi connectivity index (χ2n) is 4.67. The van der Waals surface area contributed by atoms with Crippen LogP contribution in [0.4, 0.5) is 0 Å². The van der Waals surface area contributed by atoms with Crippen LogP contribution in [0.25, 0.3) is 0 Å². The van der Waals surface area contributed by atoms with Gasteiger partial charge in [0.05, 0.1) is 0 Å². The van der Waals surface area contributed by atoms with E-state index in [0.29, 0.717) is 11.5 Å². The Morgan fingerprint density at radius 3 is 1.76 bits per heavy atom. The third kappa shape index (κ3) is 2.20. The van der Waals surface area contributed by atoms with Crippen molar-refractivity contribution in [1.29, 1.82) is 0 Å². The Kier molecular flexibility index (Phi) is 3.19. The molecule has 1 aromatic rings. The van der Waals surface area contributed by atoms with Gasteiger partial charge in [-0.1, -0.05) is 12.1 Å². The number of benzene rings is 1. The van der Waals surface area contributed by atoms with Crippen molar-refractivity contribution in [2.75, 3.05) is 0 Å². The predicted molar refractivity (Wildman–Crippen MR) is 67.4 cm³/mol. The molecule has 4 nitrogen and oxygen atoms in total. The average molecular weight is 255 g/mol. The largest absolute Gasteiger partial charge is 0.516 e. The van der Waals surface area contributed by atoms with E-state index in [-0.39, 0.29) is 12.1 Å². The summed E-state index contributed by atoms with van der Waals surface area (Å²) >= 11 is 0. The zero-order valence-electron chi connectivity index (χ0n) is 10.6. The first-order valence-electron chi connectivity index (χ1n) is 5.81. The molecule has 0 spiro atoms. The first-order chi connectivity index (χ1) is 7.94. The Morgan fingerprint density at radius 2 is 1.41 bits per heavy atom. The normalized spacial score (nSPS) is 17.1. The molecule has 0 atom stereocenters. The fourth-order valence-corrected chi connectivity index (χ4v) is 4.28. The highest BCUT2D eigenvalue weighted by Crippen LogP contribution is 2.61. The van der Waals surface area contributed by atoms with Gasteiger partial charge in [0.2, 0.25) is 0 Å². The Morgan fingerprint density at radius 1 is 1.00 bits per heavy atom. The monoisotopic (exact) mass is 255 g/mol. The summed E-state index contributed by atoms with van der Waals surface area (Å²) in [5, 5.41) is 0. The van der Waals surface area contributed by atoms with Crippen LogP contribution in [-0.4, -0.2) is 16.8 Å². The van der Waals surface area contributed by atoms with Crippen molar-refractivity contribution in [3.8, 4) is 11.5 Å². The molecule has 1 heterocycles. The molecule has 0 saturated carbocycles. The molecule has 1 aliphatic heterocycles. The van der Waals surface area contributed by atoms with E-state index in [1.807, 2.05) is 39.8 Å². The number of para-hydroxylation sites is 2. The molecule has 0 unspecified atom stereocenters. The quantitative estimate of drug-likeness (QED) is 0.772. The lowest BCUT2D eigenvalue weighted by Crippen LogP contribution is -2.36. The summed E-state index contributed by atoms with van der Waals surface area (Å²) < 4.78 is 25.6. The van der Waals surface area contributed by atoms with Crippen LogP contribution < -0.4 is 9.05 Å². The standard InChI is InChI=1S/C12H18NO3P/c1-9(2)13(10(3)4)17(14)15-11-7-5-6-8-12(11)16-17/h5-10H,1-4H3. The zero-order chi connectivity index (χ0) is 12.6. The van der Waals surface area contributed by atoms with E-state index in [0.717, 1.165) is 0 Å². The van der Waals surface area contributed by atoms with E-state index in [1.54, 1.807) is 16.8 Å². The smallest absolute Gasteiger partial charge is 0.400 e. The van der Waals surface area contributed by atoms with Gasteiger partial charge >= 0.3 is 7.75 Å². The number of rotatable bonds is 3. The molecular formula is C12H18NO3P. The van der Waals surface area contributed by atoms with Gasteiger partial charge in [-0.15, -0.1) is 0 Å². The second-order valence-corrected chi connectivity index (χ2v) is 6.43. The van der Waals surface area contributed by atoms with Gasteiger partial charge in [-0.05, 0) is 39.8 Å². The van der Waals surface area contributed by atoms with E-state index >= 15 is 0 Å². The average Bonchev–Trinajstić information content (AvgIpc) is 2.52. The fraction of sp³-hybridized carbons (Fsp3) is 0.500. The Hall–Kier alpha value is -0.990. The summed E-state index contributed by atoms with van der Waals surface area (Å²) in [5.41, 5.74) is 0. The second kappa shape index (κ2) is 4.35. The molecule has 0 aliphatic carbocycles. The van der Waals surface area contributed by atoms with Crippen LogP contribution in [0.1, 0.15) is 27.7 Å². The van der Waals surface area contributed by atoms with Crippen LogP contribution in [-0.2, 0) is 4.57 Å². The minimum atomic E-state index is -3.24. The first-order valence-corrected chi connectivity index (χ1v) is 7.30. The number of fused-ring (bicyclic) bond motifs is 1. The summed E-state index contributed by atoms with van der Waals surface area (Å²) in [7, 11) is -3.24. The first kappa shape index (κ1) is 12.5. The molecule has 0 radical (unpaired) electrons. The molecule has 17 heavy (non-hydrogen) atoms. The summed E-state index contributed by atoms with van der Waals surface area (Å²) in [5.74, 6) is 1.12. The molecule has 2 rings (SSSR count). The van der Waals surface area contributed by atoms with Crippen LogP contribution in [0.3, 0.4) is 0 Å². The van der Waals surface area contributed by atoms with Crippen molar-refractivity contribution < 1.29 is 13.6 Å². The lowest BCUT2D eigenvalue weighted by atomic mass is 10.3. The van der Waals surface area contributed by atoms with Gasteiger partial charge < -0.3 is 9.05 Å². The van der Waals surface area contributed by atoms with E-state index in [1.165, 1.54) is 0 Å². The minimum absolute atomic E-state index is 0.0927. The summed E-state index contributed by atoms with van der Waals surface area (Å²) in [4.78, 5) is 0. The van der Waals surface area contributed by atoms with Crippen molar-refractivity contribution in [3.05, 3.63) is 24.3 Å². The summed E-state index contributed by atoms with van der Waals surface area (Å²) in [6.07, 6.45) is 0. The van der Waals surface area contributed by atoms with E-state index in [2.05, 4.69) is 0 Å². The van der Waals surface area contributed by atoms with Crippen molar-refractivity contribution >= 4 is 7.75 Å². The SMILES string of the molecule is CC(C)N(C(C)C)P1(=O)Oc2ccccc2O1. The molecule has 0 N–H and O–H groups in total. The van der Waals surface area contributed by atoms with Crippen LogP contribution in [0.2, 0.25) is 0 Å². The van der Waals surface area contributed by atoms with Crippen molar-refractivity contribution in [1.82, 2.24) is 4.67 Å². The Balaban J connectivity index is 2.32. The molecule has 0 amide bonds. The van der Waals surface area contributed by atoms with Crippen molar-refractivity contribution in [3.63, 3.8) is 0 Å². The third-order valence-electron chi connectivity index (χ3n) is 2.62. The van der Waals surface area contributed by atoms with Crippen LogP contribution >= 0.6 is 7.75 Å². The van der Waals surface area contributed by atoms with Gasteiger partial charge in [-0.25, -0.2) is 4.57 Å². The van der Waals surface area contributed by atoms with Gasteiger partial charge in [0.25, 0.3) is 0 Å². The third-order valence-corrected chi connectivity index (χ3v) is 4.96. The molecule has 1 aliphatic rings. The van der Waals surface area contributed by atoms with Gasteiger partial charge in [0.15, 0.2) is 11.5 Å². The van der Waals surface area contributed by atoms with Crippen molar-refractivity contribution in [2.45, 2.75) is 39.8 Å². The lowest BCUT2D eigenvalue weighted by Gasteiger charge is -2.31. The molecule has 1 aromatic carbocycles. The molecule has 0 fully saturated rings. The summed E-state index contributed by atoms with van der Waals surface area (Å²) in [6, 6.07) is 7.41. The number of hydrogen-bond acceptors (Lipinski definition) is 3. The number of hydrogen-bond donors (Lipinski definition) is 0. The van der Waals surface area contributed by atoms with Gasteiger partial charge in [0, 0.05) is 12.1 Å². The predicted octanol–water partition coefficient (Wildman–Crippen LogP) is 3.68. The molecular weight excluding hydrogens is 237 g/mol. The highest BCUT2D eigenvalue weighted by Gasteiger charge is 2.45. The molecule has 0 aromatic heterocycles. The highest BCUT2D eigenvalue weighted by atomic mass is 31.2. The highest BCUT2D eigenvalue weighted by molar-refractivity contribution is 7.52. The molecule has 5 heteroatoms. The minimum Gasteiger partial charge on any atom is -0.400 e. The molecule has 0 bridgehead atoms. The van der Waals surface area contributed by atoms with E-state index in [4.69, 9.17) is 9.05 Å². The fourth-order valence-electron chi connectivity index (χ4n) is 2.12. The van der Waals surface area contributed by atoms with Gasteiger partial charge in [-0.3, -0.25) is 0 Å².